The molecule has 0 aliphatic heterocycles. The quantitative estimate of drug-likeness (QED) is 0.459. The van der Waals surface area contributed by atoms with E-state index in [1.165, 1.54) is 13.8 Å². The number of esters is 2. The van der Waals surface area contributed by atoms with E-state index in [2.05, 4.69) is 0 Å². The molecule has 4 aliphatic carbocycles. The van der Waals surface area contributed by atoms with Gasteiger partial charge in [0.15, 0.2) is 0 Å². The molecule has 0 aromatic heterocycles. The van der Waals surface area contributed by atoms with Gasteiger partial charge in [-0.25, -0.2) is 0 Å². The number of aliphatic hydroxyl groups excluding tert-OH is 1. The third-order valence-electron chi connectivity index (χ3n) is 9.82. The van der Waals surface area contributed by atoms with Gasteiger partial charge in [-0.3, -0.25) is 9.59 Å². The summed E-state index contributed by atoms with van der Waals surface area (Å²) in [7, 11) is 0. The van der Waals surface area contributed by atoms with Crippen molar-refractivity contribution in [1.29, 1.82) is 0 Å². The molecule has 8 heteroatoms. The normalized spacial score (nSPS) is 53.7. The van der Waals surface area contributed by atoms with Gasteiger partial charge < -0.3 is 29.9 Å². The highest BCUT2D eigenvalue weighted by Gasteiger charge is 2.77. The lowest BCUT2D eigenvalue weighted by atomic mass is 9.57. The highest BCUT2D eigenvalue weighted by molar-refractivity contribution is 5.67. The highest BCUT2D eigenvalue weighted by Crippen LogP contribution is 2.70. The second-order valence-corrected chi connectivity index (χ2v) is 11.9. The fourth-order valence-electron chi connectivity index (χ4n) is 8.47. The Morgan fingerprint density at radius 1 is 0.875 bits per heavy atom. The molecule has 1 spiro atoms. The van der Waals surface area contributed by atoms with E-state index in [1.54, 1.807) is 27.7 Å². The van der Waals surface area contributed by atoms with Gasteiger partial charge in [0.1, 0.15) is 17.8 Å². The molecular formula is C24H38O8. The summed E-state index contributed by atoms with van der Waals surface area (Å²) in [6.45, 7) is 9.51. The Morgan fingerprint density at radius 3 is 2.00 bits per heavy atom. The summed E-state index contributed by atoms with van der Waals surface area (Å²) < 4.78 is 11.3. The largest absolute Gasteiger partial charge is 0.462 e. The van der Waals surface area contributed by atoms with Crippen molar-refractivity contribution in [3.63, 3.8) is 0 Å². The second-order valence-electron chi connectivity index (χ2n) is 11.9. The number of aliphatic hydroxyl groups is 4. The third kappa shape index (κ3) is 2.88. The molecule has 0 unspecified atom stereocenters. The van der Waals surface area contributed by atoms with Gasteiger partial charge in [0, 0.05) is 36.5 Å². The van der Waals surface area contributed by atoms with Crippen molar-refractivity contribution in [2.45, 2.75) is 109 Å². The minimum absolute atomic E-state index is 0.116. The Bertz CT molecular complexity index is 819. The van der Waals surface area contributed by atoms with E-state index >= 15 is 0 Å². The van der Waals surface area contributed by atoms with E-state index in [1.807, 2.05) is 0 Å². The van der Waals surface area contributed by atoms with Crippen LogP contribution < -0.4 is 0 Å². The Balaban J connectivity index is 1.90. The molecule has 0 heterocycles. The van der Waals surface area contributed by atoms with Crippen molar-refractivity contribution in [1.82, 2.24) is 0 Å². The predicted octanol–water partition coefficient (Wildman–Crippen LogP) is 1.31. The minimum atomic E-state index is -1.71. The molecule has 182 valence electrons. The van der Waals surface area contributed by atoms with Crippen LogP contribution in [0.25, 0.3) is 0 Å². The van der Waals surface area contributed by atoms with Crippen LogP contribution in [-0.2, 0) is 19.1 Å². The van der Waals surface area contributed by atoms with Gasteiger partial charge in [-0.1, -0.05) is 13.8 Å². The maximum absolute atomic E-state index is 12.4. The Morgan fingerprint density at radius 2 is 1.44 bits per heavy atom. The number of hydrogen-bond acceptors (Lipinski definition) is 8. The van der Waals surface area contributed by atoms with Crippen LogP contribution in [-0.4, -0.2) is 67.5 Å². The molecule has 4 rings (SSSR count). The summed E-state index contributed by atoms with van der Waals surface area (Å²) in [6.07, 6.45) is -0.918. The zero-order valence-corrected chi connectivity index (χ0v) is 19.9. The van der Waals surface area contributed by atoms with Crippen LogP contribution in [0.3, 0.4) is 0 Å². The Kier molecular flexibility index (Phi) is 5.16. The average molecular weight is 455 g/mol. The van der Waals surface area contributed by atoms with Crippen LogP contribution in [0, 0.1) is 28.6 Å². The number of carbonyl (C=O) groups is 2. The molecule has 0 radical (unpaired) electrons. The number of hydrogen-bond donors (Lipinski definition) is 4. The van der Waals surface area contributed by atoms with Crippen LogP contribution in [0.5, 0.6) is 0 Å². The molecule has 0 saturated heterocycles. The van der Waals surface area contributed by atoms with E-state index in [4.69, 9.17) is 9.47 Å². The number of rotatable bonds is 2. The Hall–Kier alpha value is -1.22. The zero-order chi connectivity index (χ0) is 24.1. The van der Waals surface area contributed by atoms with Crippen molar-refractivity contribution >= 4 is 11.9 Å². The van der Waals surface area contributed by atoms with Gasteiger partial charge in [0.2, 0.25) is 0 Å². The predicted molar refractivity (Wildman–Crippen MR) is 113 cm³/mol. The van der Waals surface area contributed by atoms with Crippen molar-refractivity contribution in [2.24, 2.45) is 28.6 Å². The number of carbonyl (C=O) groups excluding carboxylic acids is 2. The third-order valence-corrected chi connectivity index (χ3v) is 9.82. The SMILES string of the molecule is CC(=O)O[C@H]1C[C@H]2[C@](C)(O)[C@@H]3CC[C@@H]4[C@@H](O)[C@@]3(C[C@@H](OC(C)=O)[C@]2(O)C1(C)C)C[C@@]4(C)O. The summed E-state index contributed by atoms with van der Waals surface area (Å²) in [5.41, 5.74) is -6.24. The molecule has 4 aliphatic rings. The molecule has 4 fully saturated rings. The highest BCUT2D eigenvalue weighted by atomic mass is 16.6. The molecule has 8 nitrogen and oxygen atoms in total. The molecular weight excluding hydrogens is 416 g/mol. The van der Waals surface area contributed by atoms with Crippen LogP contribution in [0.2, 0.25) is 0 Å². The fraction of sp³-hybridized carbons (Fsp3) is 0.917. The fourth-order valence-corrected chi connectivity index (χ4v) is 8.47. The summed E-state index contributed by atoms with van der Waals surface area (Å²) >= 11 is 0. The van der Waals surface area contributed by atoms with Gasteiger partial charge in [0.05, 0.1) is 17.3 Å². The first-order valence-electron chi connectivity index (χ1n) is 11.7. The summed E-state index contributed by atoms with van der Waals surface area (Å²) in [5.74, 6) is -2.60. The lowest BCUT2D eigenvalue weighted by Crippen LogP contribution is -2.61. The Labute approximate surface area is 189 Å². The van der Waals surface area contributed by atoms with Crippen LogP contribution >= 0.6 is 0 Å². The molecule has 0 aromatic rings. The van der Waals surface area contributed by atoms with Gasteiger partial charge in [-0.05, 0) is 51.9 Å². The zero-order valence-electron chi connectivity index (χ0n) is 19.9. The maximum atomic E-state index is 12.4. The molecule has 0 amide bonds. The topological polar surface area (TPSA) is 134 Å². The summed E-state index contributed by atoms with van der Waals surface area (Å²) in [5, 5.41) is 47.0. The molecule has 10 atom stereocenters. The lowest BCUT2D eigenvalue weighted by molar-refractivity contribution is -0.215. The number of ether oxygens (including phenoxy) is 2. The lowest BCUT2D eigenvalue weighted by Gasteiger charge is -2.51. The smallest absolute Gasteiger partial charge is 0.303 e. The molecule has 32 heavy (non-hydrogen) atoms. The van der Waals surface area contributed by atoms with Crippen LogP contribution in [0.1, 0.15) is 73.6 Å². The average Bonchev–Trinajstić information content (AvgIpc) is 2.85. The van der Waals surface area contributed by atoms with Gasteiger partial charge in [-0.15, -0.1) is 0 Å². The molecule has 4 saturated carbocycles. The van der Waals surface area contributed by atoms with E-state index in [-0.39, 0.29) is 25.2 Å². The van der Waals surface area contributed by atoms with E-state index in [9.17, 15) is 30.0 Å². The van der Waals surface area contributed by atoms with E-state index in [0.717, 1.165) is 0 Å². The summed E-state index contributed by atoms with van der Waals surface area (Å²) in [4.78, 5) is 24.0. The van der Waals surface area contributed by atoms with Crippen molar-refractivity contribution in [3.05, 3.63) is 0 Å². The first-order valence-corrected chi connectivity index (χ1v) is 11.7. The second kappa shape index (κ2) is 6.90. The standard InChI is InChI=1S/C24H38O8/c1-12(25)31-17-9-16-22(6,29)15-8-7-14-19(27)23(15,11-21(14,5)28)10-18(32-13(2)26)24(16,30)20(17,3)4/h14-19,27-30H,7-11H2,1-6H3/t14-,15+,16+,17+,18-,19-,21-,22-,23+,24+/m1/s1. The minimum Gasteiger partial charge on any atom is -0.462 e. The molecule has 2 bridgehead atoms. The first kappa shape index (κ1) is 23.9. The maximum Gasteiger partial charge on any atom is 0.303 e. The molecule has 4 N–H and O–H groups in total. The van der Waals surface area contributed by atoms with Crippen molar-refractivity contribution in [2.75, 3.05) is 0 Å². The van der Waals surface area contributed by atoms with Crippen molar-refractivity contribution < 1.29 is 39.5 Å². The van der Waals surface area contributed by atoms with Gasteiger partial charge in [0.25, 0.3) is 0 Å². The van der Waals surface area contributed by atoms with Crippen molar-refractivity contribution in [3.8, 4) is 0 Å². The molecule has 0 aromatic carbocycles. The van der Waals surface area contributed by atoms with Crippen LogP contribution in [0.4, 0.5) is 0 Å². The number of fused-ring (bicyclic) bond motifs is 2. The van der Waals surface area contributed by atoms with E-state index < -0.39 is 69.7 Å². The van der Waals surface area contributed by atoms with E-state index in [0.29, 0.717) is 12.8 Å². The first-order chi connectivity index (χ1) is 14.5. The van der Waals surface area contributed by atoms with Crippen LogP contribution in [0.15, 0.2) is 0 Å². The summed E-state index contributed by atoms with van der Waals surface area (Å²) in [6, 6.07) is 0. The van der Waals surface area contributed by atoms with Gasteiger partial charge in [-0.2, -0.15) is 0 Å². The monoisotopic (exact) mass is 454 g/mol. The van der Waals surface area contributed by atoms with Gasteiger partial charge >= 0.3 is 11.9 Å².